The van der Waals surface area contributed by atoms with Crippen LogP contribution in [0.15, 0.2) is 18.2 Å². The summed E-state index contributed by atoms with van der Waals surface area (Å²) in [5.74, 6) is -0.936. The first-order valence-electron chi connectivity index (χ1n) is 5.00. The van der Waals surface area contributed by atoms with Crippen LogP contribution >= 0.6 is 0 Å². The van der Waals surface area contributed by atoms with Crippen molar-refractivity contribution in [1.29, 1.82) is 0 Å². The molecule has 0 aliphatic carbocycles. The zero-order valence-electron chi connectivity index (χ0n) is 9.38. The summed E-state index contributed by atoms with van der Waals surface area (Å²) in [6.45, 7) is 3.38. The number of nitrogens with two attached hydrogens (primary N) is 1. The molecule has 0 aliphatic rings. The zero-order chi connectivity index (χ0) is 13.2. The molecule has 1 aromatic carbocycles. The molecule has 96 valence electrons. The van der Waals surface area contributed by atoms with Crippen molar-refractivity contribution in [3.8, 4) is 5.75 Å². The maximum atomic E-state index is 13.4. The maximum absolute atomic E-state index is 13.4. The van der Waals surface area contributed by atoms with Gasteiger partial charge in [0.25, 0.3) is 0 Å². The molecule has 2 N–H and O–H groups in total. The molecular weight excluding hydrogens is 238 g/mol. The molecule has 0 fully saturated rings. The second-order valence-electron chi connectivity index (χ2n) is 3.88. The van der Waals surface area contributed by atoms with E-state index in [1.807, 2.05) is 0 Å². The fourth-order valence-electron chi connectivity index (χ4n) is 1.25. The van der Waals surface area contributed by atoms with Crippen molar-refractivity contribution in [3.05, 3.63) is 29.6 Å². The first kappa shape index (κ1) is 13.8. The molecule has 0 heterocycles. The number of ether oxygens (including phenoxy) is 1. The predicted octanol–water partition coefficient (Wildman–Crippen LogP) is 3.18. The third-order valence-electron chi connectivity index (χ3n) is 2.03. The number of alkyl halides is 3. The van der Waals surface area contributed by atoms with Gasteiger partial charge in [0, 0.05) is 0 Å². The van der Waals surface area contributed by atoms with E-state index in [2.05, 4.69) is 0 Å². The largest absolute Gasteiger partial charge is 0.488 e. The van der Waals surface area contributed by atoms with E-state index in [4.69, 9.17) is 10.5 Å². The summed E-state index contributed by atoms with van der Waals surface area (Å²) in [6.07, 6.45) is -4.85. The van der Waals surface area contributed by atoms with Crippen LogP contribution in [-0.2, 0) is 0 Å². The molecule has 0 spiro atoms. The number of hydrogen-bond donors (Lipinski definition) is 1. The van der Waals surface area contributed by atoms with E-state index in [0.29, 0.717) is 0 Å². The molecule has 17 heavy (non-hydrogen) atoms. The van der Waals surface area contributed by atoms with Gasteiger partial charge in [0.05, 0.1) is 6.10 Å². The Hall–Kier alpha value is -1.30. The lowest BCUT2D eigenvalue weighted by Gasteiger charge is -2.17. The molecule has 0 aliphatic heterocycles. The lowest BCUT2D eigenvalue weighted by Crippen LogP contribution is -2.28. The van der Waals surface area contributed by atoms with Gasteiger partial charge in [0.15, 0.2) is 11.6 Å². The number of halogens is 4. The van der Waals surface area contributed by atoms with E-state index in [-0.39, 0.29) is 17.4 Å². The van der Waals surface area contributed by atoms with E-state index in [1.165, 1.54) is 0 Å². The van der Waals surface area contributed by atoms with Crippen molar-refractivity contribution >= 4 is 0 Å². The van der Waals surface area contributed by atoms with Crippen molar-refractivity contribution in [2.45, 2.75) is 32.2 Å². The van der Waals surface area contributed by atoms with Crippen LogP contribution in [0.2, 0.25) is 0 Å². The summed E-state index contributed by atoms with van der Waals surface area (Å²) in [5, 5.41) is 0. The smallest absolute Gasteiger partial charge is 0.407 e. The van der Waals surface area contributed by atoms with Crippen LogP contribution < -0.4 is 10.5 Å². The van der Waals surface area contributed by atoms with Crippen molar-refractivity contribution < 1.29 is 22.3 Å². The van der Waals surface area contributed by atoms with Gasteiger partial charge in [-0.1, -0.05) is 6.07 Å². The van der Waals surface area contributed by atoms with Gasteiger partial charge in [-0.25, -0.2) is 4.39 Å². The van der Waals surface area contributed by atoms with Gasteiger partial charge in [-0.05, 0) is 31.5 Å². The summed E-state index contributed by atoms with van der Waals surface area (Å²) in [4.78, 5) is 0. The summed E-state index contributed by atoms with van der Waals surface area (Å²) in [5.41, 5.74) is 4.63. The SMILES string of the molecule is CC(C)Oc1ccc(C(N)C(F)(F)F)cc1F. The minimum absolute atomic E-state index is 0.0851. The van der Waals surface area contributed by atoms with Gasteiger partial charge >= 0.3 is 6.18 Å². The second-order valence-corrected chi connectivity index (χ2v) is 3.88. The fourth-order valence-corrected chi connectivity index (χ4v) is 1.25. The summed E-state index contributed by atoms with van der Waals surface area (Å²) in [6, 6.07) is 0.815. The van der Waals surface area contributed by atoms with Crippen LogP contribution in [0.25, 0.3) is 0 Å². The van der Waals surface area contributed by atoms with Crippen LogP contribution in [0.1, 0.15) is 25.5 Å². The predicted molar refractivity (Wildman–Crippen MR) is 55.1 cm³/mol. The van der Waals surface area contributed by atoms with Crippen molar-refractivity contribution in [1.82, 2.24) is 0 Å². The summed E-state index contributed by atoms with van der Waals surface area (Å²) in [7, 11) is 0. The Morgan fingerprint density at radius 3 is 2.24 bits per heavy atom. The van der Waals surface area contributed by atoms with E-state index in [0.717, 1.165) is 18.2 Å². The molecule has 6 heteroatoms. The van der Waals surface area contributed by atoms with Gasteiger partial charge in [-0.3, -0.25) is 0 Å². The van der Waals surface area contributed by atoms with Crippen LogP contribution in [0.5, 0.6) is 5.75 Å². The van der Waals surface area contributed by atoms with Crippen LogP contribution in [-0.4, -0.2) is 12.3 Å². The Morgan fingerprint density at radius 1 is 1.24 bits per heavy atom. The molecule has 0 bridgehead atoms. The average molecular weight is 251 g/mol. The Balaban J connectivity index is 2.96. The Kier molecular flexibility index (Phi) is 3.98. The average Bonchev–Trinajstić information content (AvgIpc) is 2.18. The van der Waals surface area contributed by atoms with Crippen LogP contribution in [0.4, 0.5) is 17.6 Å². The van der Waals surface area contributed by atoms with E-state index in [9.17, 15) is 17.6 Å². The van der Waals surface area contributed by atoms with Crippen molar-refractivity contribution in [2.24, 2.45) is 5.73 Å². The molecule has 0 aromatic heterocycles. The second kappa shape index (κ2) is 4.91. The topological polar surface area (TPSA) is 35.2 Å². The van der Waals surface area contributed by atoms with Crippen molar-refractivity contribution in [2.75, 3.05) is 0 Å². The van der Waals surface area contributed by atoms with E-state index >= 15 is 0 Å². The summed E-state index contributed by atoms with van der Waals surface area (Å²) < 4.78 is 55.4. The van der Waals surface area contributed by atoms with E-state index in [1.54, 1.807) is 13.8 Å². The van der Waals surface area contributed by atoms with Gasteiger partial charge in [-0.2, -0.15) is 13.2 Å². The fraction of sp³-hybridized carbons (Fsp3) is 0.455. The molecule has 0 amide bonds. The van der Waals surface area contributed by atoms with Gasteiger partial charge in [-0.15, -0.1) is 0 Å². The molecule has 0 saturated carbocycles. The van der Waals surface area contributed by atoms with Crippen molar-refractivity contribution in [3.63, 3.8) is 0 Å². The molecule has 1 atom stereocenters. The Labute approximate surface area is 96.4 Å². The van der Waals surface area contributed by atoms with Crippen LogP contribution in [0.3, 0.4) is 0 Å². The van der Waals surface area contributed by atoms with Crippen LogP contribution in [0, 0.1) is 5.82 Å². The molecule has 1 rings (SSSR count). The first-order chi connectivity index (χ1) is 7.71. The standard InChI is InChI=1S/C11H13F4NO/c1-6(2)17-9-4-3-7(5-8(9)12)10(16)11(13,14)15/h3-6,10H,16H2,1-2H3. The van der Waals surface area contributed by atoms with Gasteiger partial charge in [0.2, 0.25) is 0 Å². The molecule has 0 saturated heterocycles. The molecule has 2 nitrogen and oxygen atoms in total. The molecular formula is C11H13F4NO. The Morgan fingerprint density at radius 2 is 1.82 bits per heavy atom. The van der Waals surface area contributed by atoms with Gasteiger partial charge in [0.1, 0.15) is 6.04 Å². The third kappa shape index (κ3) is 3.59. The van der Waals surface area contributed by atoms with E-state index < -0.39 is 18.0 Å². The number of hydrogen-bond acceptors (Lipinski definition) is 2. The maximum Gasteiger partial charge on any atom is 0.407 e. The third-order valence-corrected chi connectivity index (χ3v) is 2.03. The minimum atomic E-state index is -4.59. The lowest BCUT2D eigenvalue weighted by atomic mass is 10.1. The monoisotopic (exact) mass is 251 g/mol. The Bertz CT molecular complexity index is 390. The highest BCUT2D eigenvalue weighted by Gasteiger charge is 2.38. The minimum Gasteiger partial charge on any atom is -0.488 e. The van der Waals surface area contributed by atoms with Gasteiger partial charge < -0.3 is 10.5 Å². The highest BCUT2D eigenvalue weighted by atomic mass is 19.4. The highest BCUT2D eigenvalue weighted by molar-refractivity contribution is 5.31. The molecule has 0 radical (unpaired) electrons. The summed E-state index contributed by atoms with van der Waals surface area (Å²) >= 11 is 0. The number of benzene rings is 1. The molecule has 1 aromatic rings. The highest BCUT2D eigenvalue weighted by Crippen LogP contribution is 2.32. The number of rotatable bonds is 3. The molecule has 1 unspecified atom stereocenters. The first-order valence-corrected chi connectivity index (χ1v) is 5.00. The quantitative estimate of drug-likeness (QED) is 0.837. The lowest BCUT2D eigenvalue weighted by molar-refractivity contribution is -0.149. The zero-order valence-corrected chi connectivity index (χ0v) is 9.38. The normalized spacial score (nSPS) is 13.9.